The highest BCUT2D eigenvalue weighted by Gasteiger charge is 2.10. The molecule has 1 aromatic carbocycles. The van der Waals surface area contributed by atoms with Gasteiger partial charge in [-0.1, -0.05) is 11.8 Å². The lowest BCUT2D eigenvalue weighted by molar-refractivity contribution is -0.137. The molecule has 90 valence electrons. The molecule has 1 heterocycles. The quantitative estimate of drug-likeness (QED) is 0.675. The van der Waals surface area contributed by atoms with E-state index < -0.39 is 0 Å². The Hall–Kier alpha value is -1.49. The summed E-state index contributed by atoms with van der Waals surface area (Å²) in [6.07, 6.45) is 0. The molecule has 0 spiro atoms. The van der Waals surface area contributed by atoms with E-state index in [2.05, 4.69) is 9.72 Å². The molecule has 0 aliphatic rings. The van der Waals surface area contributed by atoms with Crippen LogP contribution in [0.15, 0.2) is 23.2 Å². The number of hydrogen-bond acceptors (Lipinski definition) is 3. The summed E-state index contributed by atoms with van der Waals surface area (Å²) in [6.45, 7) is 1.90. The summed E-state index contributed by atoms with van der Waals surface area (Å²) < 4.78 is 17.7. The molecule has 0 unspecified atom stereocenters. The van der Waals surface area contributed by atoms with Gasteiger partial charge in [0.05, 0.1) is 17.9 Å². The Kier molecular flexibility index (Phi) is 3.38. The van der Waals surface area contributed by atoms with Crippen molar-refractivity contribution in [3.05, 3.63) is 29.6 Å². The zero-order valence-electron chi connectivity index (χ0n) is 9.54. The Labute approximate surface area is 102 Å². The van der Waals surface area contributed by atoms with E-state index >= 15 is 0 Å². The number of H-pyrrole nitrogens is 1. The normalized spacial score (nSPS) is 10.8. The first-order chi connectivity index (χ1) is 8.11. The molecule has 5 heteroatoms. The van der Waals surface area contributed by atoms with Crippen LogP contribution >= 0.6 is 11.8 Å². The third-order valence-electron chi connectivity index (χ3n) is 2.54. The lowest BCUT2D eigenvalue weighted by atomic mass is 10.2. The van der Waals surface area contributed by atoms with Crippen molar-refractivity contribution in [1.82, 2.24) is 4.98 Å². The van der Waals surface area contributed by atoms with Gasteiger partial charge in [0.2, 0.25) is 0 Å². The van der Waals surface area contributed by atoms with E-state index in [1.807, 2.05) is 6.92 Å². The van der Waals surface area contributed by atoms with Crippen molar-refractivity contribution in [1.29, 1.82) is 0 Å². The second kappa shape index (κ2) is 4.79. The van der Waals surface area contributed by atoms with Crippen LogP contribution in [0.2, 0.25) is 0 Å². The van der Waals surface area contributed by atoms with Crippen molar-refractivity contribution in [2.75, 3.05) is 12.9 Å². The zero-order valence-corrected chi connectivity index (χ0v) is 10.4. The number of aromatic nitrogens is 1. The molecule has 17 heavy (non-hydrogen) atoms. The maximum Gasteiger partial charge on any atom is 0.316 e. The minimum absolute atomic E-state index is 0.243. The molecule has 2 aromatic rings. The second-order valence-electron chi connectivity index (χ2n) is 3.63. The molecule has 0 fully saturated rings. The standard InChI is InChI=1S/C12H12FNO2S/c1-7-9-5-8(13)3-4-10(9)14-12(7)17-6-11(15)16-2/h3-5,14H,6H2,1-2H3. The zero-order chi connectivity index (χ0) is 12.4. The highest BCUT2D eigenvalue weighted by Crippen LogP contribution is 2.29. The molecule has 3 nitrogen and oxygen atoms in total. The van der Waals surface area contributed by atoms with E-state index in [0.717, 1.165) is 21.5 Å². The predicted octanol–water partition coefficient (Wildman–Crippen LogP) is 2.88. The van der Waals surface area contributed by atoms with Crippen molar-refractivity contribution in [3.8, 4) is 0 Å². The third kappa shape index (κ3) is 2.44. The lowest BCUT2D eigenvalue weighted by Gasteiger charge is -1.98. The highest BCUT2D eigenvalue weighted by atomic mass is 32.2. The van der Waals surface area contributed by atoms with Gasteiger partial charge in [-0.2, -0.15) is 0 Å². The van der Waals surface area contributed by atoms with Crippen LogP contribution in [0.4, 0.5) is 4.39 Å². The lowest BCUT2D eigenvalue weighted by Crippen LogP contribution is -2.02. The smallest absolute Gasteiger partial charge is 0.316 e. The summed E-state index contributed by atoms with van der Waals surface area (Å²) >= 11 is 1.36. The number of nitrogens with one attached hydrogen (secondary N) is 1. The molecule has 0 aliphatic carbocycles. The van der Waals surface area contributed by atoms with Gasteiger partial charge >= 0.3 is 5.97 Å². The Morgan fingerprint density at radius 2 is 2.29 bits per heavy atom. The Morgan fingerprint density at radius 3 is 3.00 bits per heavy atom. The number of aryl methyl sites for hydroxylation is 1. The van der Waals surface area contributed by atoms with E-state index in [9.17, 15) is 9.18 Å². The summed E-state index contributed by atoms with van der Waals surface area (Å²) in [5.74, 6) is -0.296. The molecule has 0 bridgehead atoms. The topological polar surface area (TPSA) is 42.1 Å². The fourth-order valence-corrected chi connectivity index (χ4v) is 2.50. The van der Waals surface area contributed by atoms with Gasteiger partial charge in [0.15, 0.2) is 0 Å². The molecule has 0 amide bonds. The van der Waals surface area contributed by atoms with Gasteiger partial charge in [-0.25, -0.2) is 4.39 Å². The van der Waals surface area contributed by atoms with Crippen molar-refractivity contribution in [3.63, 3.8) is 0 Å². The van der Waals surface area contributed by atoms with E-state index in [1.54, 1.807) is 6.07 Å². The van der Waals surface area contributed by atoms with Gasteiger partial charge in [-0.3, -0.25) is 4.79 Å². The van der Waals surface area contributed by atoms with Crippen LogP contribution in [0.1, 0.15) is 5.56 Å². The van der Waals surface area contributed by atoms with Crippen LogP contribution in [-0.4, -0.2) is 23.8 Å². The average Bonchev–Trinajstić information content (AvgIpc) is 2.63. The van der Waals surface area contributed by atoms with E-state index in [-0.39, 0.29) is 17.5 Å². The molecule has 0 radical (unpaired) electrons. The monoisotopic (exact) mass is 253 g/mol. The van der Waals surface area contributed by atoms with Crippen LogP contribution in [0.3, 0.4) is 0 Å². The van der Waals surface area contributed by atoms with Gasteiger partial charge in [0.25, 0.3) is 0 Å². The molecule has 1 N–H and O–H groups in total. The fraction of sp³-hybridized carbons (Fsp3) is 0.250. The number of ether oxygens (including phenoxy) is 1. The summed E-state index contributed by atoms with van der Waals surface area (Å²) in [6, 6.07) is 4.59. The van der Waals surface area contributed by atoms with Crippen molar-refractivity contribution >= 4 is 28.6 Å². The largest absolute Gasteiger partial charge is 0.468 e. The molecule has 0 saturated carbocycles. The van der Waals surface area contributed by atoms with Gasteiger partial charge in [-0.05, 0) is 30.7 Å². The molecule has 2 rings (SSSR count). The summed E-state index contributed by atoms with van der Waals surface area (Å²) in [5, 5.41) is 1.72. The second-order valence-corrected chi connectivity index (χ2v) is 4.62. The van der Waals surface area contributed by atoms with Crippen molar-refractivity contribution in [2.45, 2.75) is 11.9 Å². The minimum atomic E-state index is -0.278. The van der Waals surface area contributed by atoms with Crippen LogP contribution in [0.5, 0.6) is 0 Å². The third-order valence-corrected chi connectivity index (χ3v) is 3.61. The Bertz CT molecular complexity index is 565. The van der Waals surface area contributed by atoms with Crippen LogP contribution in [-0.2, 0) is 9.53 Å². The number of carbonyl (C=O) groups is 1. The van der Waals surface area contributed by atoms with Crippen LogP contribution < -0.4 is 0 Å². The van der Waals surface area contributed by atoms with E-state index in [1.165, 1.54) is 31.0 Å². The average molecular weight is 253 g/mol. The van der Waals surface area contributed by atoms with Gasteiger partial charge in [-0.15, -0.1) is 0 Å². The number of fused-ring (bicyclic) bond motifs is 1. The van der Waals surface area contributed by atoms with Crippen molar-refractivity contribution < 1.29 is 13.9 Å². The van der Waals surface area contributed by atoms with Crippen molar-refractivity contribution in [2.24, 2.45) is 0 Å². The van der Waals surface area contributed by atoms with E-state index in [4.69, 9.17) is 0 Å². The molecule has 0 saturated heterocycles. The molecular weight excluding hydrogens is 241 g/mol. The number of hydrogen-bond donors (Lipinski definition) is 1. The highest BCUT2D eigenvalue weighted by molar-refractivity contribution is 7.99. The Balaban J connectivity index is 2.29. The van der Waals surface area contributed by atoms with Gasteiger partial charge < -0.3 is 9.72 Å². The van der Waals surface area contributed by atoms with Crippen LogP contribution in [0, 0.1) is 12.7 Å². The number of carbonyl (C=O) groups excluding carboxylic acids is 1. The first kappa shape index (κ1) is 12.0. The first-order valence-electron chi connectivity index (χ1n) is 5.09. The number of methoxy groups -OCH3 is 1. The summed E-state index contributed by atoms with van der Waals surface area (Å²) in [4.78, 5) is 14.2. The number of rotatable bonds is 3. The summed E-state index contributed by atoms with van der Waals surface area (Å²) in [7, 11) is 1.36. The summed E-state index contributed by atoms with van der Waals surface area (Å²) in [5.41, 5.74) is 1.82. The predicted molar refractivity (Wildman–Crippen MR) is 65.7 cm³/mol. The maximum atomic E-state index is 13.1. The number of thioether (sulfide) groups is 1. The molecule has 0 aliphatic heterocycles. The number of aromatic amines is 1. The molecular formula is C12H12FNO2S. The van der Waals surface area contributed by atoms with Crippen LogP contribution in [0.25, 0.3) is 10.9 Å². The van der Waals surface area contributed by atoms with Gasteiger partial charge in [0, 0.05) is 10.9 Å². The minimum Gasteiger partial charge on any atom is -0.468 e. The first-order valence-corrected chi connectivity index (χ1v) is 6.08. The van der Waals surface area contributed by atoms with Gasteiger partial charge in [0.1, 0.15) is 5.82 Å². The number of halogens is 1. The fourth-order valence-electron chi connectivity index (χ4n) is 1.61. The number of esters is 1. The Morgan fingerprint density at radius 1 is 1.53 bits per heavy atom. The SMILES string of the molecule is COC(=O)CSc1[nH]c2ccc(F)cc2c1C. The van der Waals surface area contributed by atoms with E-state index in [0.29, 0.717) is 0 Å². The number of benzene rings is 1. The molecule has 0 atom stereocenters. The molecule has 1 aromatic heterocycles. The maximum absolute atomic E-state index is 13.1.